The van der Waals surface area contributed by atoms with Gasteiger partial charge in [0.15, 0.2) is 0 Å². The van der Waals surface area contributed by atoms with Crippen molar-refractivity contribution < 1.29 is 9.53 Å². The van der Waals surface area contributed by atoms with Gasteiger partial charge in [-0.1, -0.05) is 0 Å². The summed E-state index contributed by atoms with van der Waals surface area (Å²) < 4.78 is 5.50. The number of aromatic nitrogens is 2. The number of ether oxygens (including phenoxy) is 1. The molecule has 1 N–H and O–H groups in total. The van der Waals surface area contributed by atoms with Crippen molar-refractivity contribution >= 4 is 6.09 Å². The van der Waals surface area contributed by atoms with Gasteiger partial charge in [0, 0.05) is 37.6 Å². The number of rotatable bonds is 6. The van der Waals surface area contributed by atoms with Crippen LogP contribution in [0.4, 0.5) is 4.79 Å². The summed E-state index contributed by atoms with van der Waals surface area (Å²) in [5.41, 5.74) is 1.42. The summed E-state index contributed by atoms with van der Waals surface area (Å²) in [5, 5.41) is 3.42. The van der Waals surface area contributed by atoms with Crippen LogP contribution in [0.15, 0.2) is 12.4 Å². The van der Waals surface area contributed by atoms with Crippen molar-refractivity contribution in [3.05, 3.63) is 23.8 Å². The van der Waals surface area contributed by atoms with Crippen molar-refractivity contribution in [2.45, 2.75) is 65.1 Å². The van der Waals surface area contributed by atoms with Gasteiger partial charge in [-0.3, -0.25) is 9.97 Å². The molecule has 1 aromatic heterocycles. The quantitative estimate of drug-likeness (QED) is 0.873. The third-order valence-electron chi connectivity index (χ3n) is 3.75. The minimum absolute atomic E-state index is 0.100. The summed E-state index contributed by atoms with van der Waals surface area (Å²) in [6.45, 7) is 11.0. The van der Waals surface area contributed by atoms with E-state index in [1.165, 1.54) is 0 Å². The third-order valence-corrected chi connectivity index (χ3v) is 3.75. The van der Waals surface area contributed by atoms with E-state index in [9.17, 15) is 4.79 Å². The Kier molecular flexibility index (Phi) is 5.57. The number of nitrogens with one attached hydrogen (secondary N) is 1. The van der Waals surface area contributed by atoms with Crippen LogP contribution >= 0.6 is 0 Å². The molecule has 1 aliphatic rings. The van der Waals surface area contributed by atoms with Crippen LogP contribution < -0.4 is 5.32 Å². The second-order valence-electron chi connectivity index (χ2n) is 7.11. The highest BCUT2D eigenvalue weighted by Crippen LogP contribution is 2.28. The van der Waals surface area contributed by atoms with E-state index in [2.05, 4.69) is 22.2 Å². The molecule has 0 radical (unpaired) electrons. The molecule has 1 aliphatic carbocycles. The number of carbonyl (C=O) groups is 1. The van der Waals surface area contributed by atoms with E-state index in [1.54, 1.807) is 12.4 Å². The van der Waals surface area contributed by atoms with Crippen molar-refractivity contribution in [2.75, 3.05) is 13.1 Å². The second-order valence-corrected chi connectivity index (χ2v) is 7.11. The van der Waals surface area contributed by atoms with E-state index in [1.807, 2.05) is 32.6 Å². The Balaban J connectivity index is 1.85. The zero-order valence-corrected chi connectivity index (χ0v) is 14.8. The molecule has 1 fully saturated rings. The molecule has 1 heterocycles. The standard InChI is InChI=1S/C17H28N4O2/c1-12-15(20-9-8-18-12)13(2)19-10-11-21(14-6-7-14)16(22)23-17(3,4)5/h8-9,13-14,19H,6-7,10-11H2,1-5H3. The van der Waals surface area contributed by atoms with E-state index in [0.717, 1.165) is 24.2 Å². The Hall–Kier alpha value is -1.69. The van der Waals surface area contributed by atoms with Crippen LogP contribution in [0.3, 0.4) is 0 Å². The molecule has 0 spiro atoms. The van der Waals surface area contributed by atoms with E-state index >= 15 is 0 Å². The first kappa shape index (κ1) is 17.7. The third kappa shape index (κ3) is 5.46. The summed E-state index contributed by atoms with van der Waals surface area (Å²) in [4.78, 5) is 22.8. The molecular formula is C17H28N4O2. The van der Waals surface area contributed by atoms with Gasteiger partial charge in [0.25, 0.3) is 0 Å². The van der Waals surface area contributed by atoms with Gasteiger partial charge in [0.05, 0.1) is 11.4 Å². The number of hydrogen-bond acceptors (Lipinski definition) is 5. The largest absolute Gasteiger partial charge is 0.444 e. The molecule has 0 aliphatic heterocycles. The van der Waals surface area contributed by atoms with Crippen LogP contribution in [-0.4, -0.2) is 45.7 Å². The molecule has 1 amide bonds. The molecule has 6 heteroatoms. The van der Waals surface area contributed by atoms with Gasteiger partial charge in [0.2, 0.25) is 0 Å². The van der Waals surface area contributed by atoms with Gasteiger partial charge in [-0.25, -0.2) is 4.79 Å². The summed E-state index contributed by atoms with van der Waals surface area (Å²) in [6, 6.07) is 0.434. The van der Waals surface area contributed by atoms with E-state index in [4.69, 9.17) is 4.74 Å². The molecule has 0 aromatic carbocycles. The molecule has 1 saturated carbocycles. The van der Waals surface area contributed by atoms with Crippen LogP contribution in [0.5, 0.6) is 0 Å². The van der Waals surface area contributed by atoms with Crippen molar-refractivity contribution in [3.8, 4) is 0 Å². The predicted molar refractivity (Wildman–Crippen MR) is 89.1 cm³/mol. The second kappa shape index (κ2) is 7.25. The van der Waals surface area contributed by atoms with Gasteiger partial charge in [-0.2, -0.15) is 0 Å². The molecule has 6 nitrogen and oxygen atoms in total. The van der Waals surface area contributed by atoms with Gasteiger partial charge in [-0.15, -0.1) is 0 Å². The molecule has 0 saturated heterocycles. The highest BCUT2D eigenvalue weighted by atomic mass is 16.6. The Bertz CT molecular complexity index is 538. The first-order valence-corrected chi connectivity index (χ1v) is 8.28. The first-order chi connectivity index (χ1) is 10.8. The van der Waals surface area contributed by atoms with Crippen LogP contribution in [0.1, 0.15) is 58.0 Å². The Labute approximate surface area is 138 Å². The summed E-state index contributed by atoms with van der Waals surface area (Å²) in [6.07, 6.45) is 5.32. The summed E-state index contributed by atoms with van der Waals surface area (Å²) in [7, 11) is 0. The zero-order chi connectivity index (χ0) is 17.0. The Morgan fingerprint density at radius 2 is 2.04 bits per heavy atom. The van der Waals surface area contributed by atoms with Crippen LogP contribution in [0.25, 0.3) is 0 Å². The highest BCUT2D eigenvalue weighted by Gasteiger charge is 2.34. The van der Waals surface area contributed by atoms with E-state index in [-0.39, 0.29) is 12.1 Å². The van der Waals surface area contributed by atoms with Crippen molar-refractivity contribution in [3.63, 3.8) is 0 Å². The van der Waals surface area contributed by atoms with E-state index in [0.29, 0.717) is 19.1 Å². The Morgan fingerprint density at radius 3 is 2.61 bits per heavy atom. The fourth-order valence-corrected chi connectivity index (χ4v) is 2.47. The average Bonchev–Trinajstić information content (AvgIpc) is 3.26. The lowest BCUT2D eigenvalue weighted by molar-refractivity contribution is 0.0235. The van der Waals surface area contributed by atoms with Gasteiger partial charge in [0.1, 0.15) is 5.60 Å². The molecule has 1 unspecified atom stereocenters. The maximum atomic E-state index is 12.3. The topological polar surface area (TPSA) is 67.4 Å². The molecule has 128 valence electrons. The number of nitrogens with zero attached hydrogens (tertiary/aromatic N) is 3. The monoisotopic (exact) mass is 320 g/mol. The molecule has 1 atom stereocenters. The van der Waals surface area contributed by atoms with Gasteiger partial charge in [-0.05, 0) is 47.5 Å². The minimum atomic E-state index is -0.457. The fraction of sp³-hybridized carbons (Fsp3) is 0.706. The SMILES string of the molecule is Cc1nccnc1C(C)NCCN(C(=O)OC(C)(C)C)C1CC1. The normalized spacial score (nSPS) is 16.0. The number of hydrogen-bond donors (Lipinski definition) is 1. The number of carbonyl (C=O) groups excluding carboxylic acids is 1. The Morgan fingerprint density at radius 1 is 1.39 bits per heavy atom. The smallest absolute Gasteiger partial charge is 0.410 e. The van der Waals surface area contributed by atoms with Crippen molar-refractivity contribution in [1.82, 2.24) is 20.2 Å². The molecule has 0 bridgehead atoms. The van der Waals surface area contributed by atoms with E-state index < -0.39 is 5.60 Å². The van der Waals surface area contributed by atoms with Crippen molar-refractivity contribution in [2.24, 2.45) is 0 Å². The lowest BCUT2D eigenvalue weighted by atomic mass is 10.2. The number of amides is 1. The molecule has 1 aromatic rings. The van der Waals surface area contributed by atoms with Crippen molar-refractivity contribution in [1.29, 1.82) is 0 Å². The summed E-state index contributed by atoms with van der Waals surface area (Å²) >= 11 is 0. The maximum Gasteiger partial charge on any atom is 0.410 e. The molecular weight excluding hydrogens is 292 g/mol. The number of aryl methyl sites for hydroxylation is 1. The highest BCUT2D eigenvalue weighted by molar-refractivity contribution is 5.69. The van der Waals surface area contributed by atoms with Crippen LogP contribution in [-0.2, 0) is 4.74 Å². The van der Waals surface area contributed by atoms with Crippen LogP contribution in [0, 0.1) is 6.92 Å². The average molecular weight is 320 g/mol. The molecule has 23 heavy (non-hydrogen) atoms. The zero-order valence-electron chi connectivity index (χ0n) is 14.8. The van der Waals surface area contributed by atoms with Gasteiger partial charge < -0.3 is 15.0 Å². The first-order valence-electron chi connectivity index (χ1n) is 8.28. The maximum absolute atomic E-state index is 12.3. The lowest BCUT2D eigenvalue weighted by Gasteiger charge is -2.28. The van der Waals surface area contributed by atoms with Crippen LogP contribution in [0.2, 0.25) is 0 Å². The lowest BCUT2D eigenvalue weighted by Crippen LogP contribution is -2.42. The fourth-order valence-electron chi connectivity index (χ4n) is 2.47. The van der Waals surface area contributed by atoms with Gasteiger partial charge >= 0.3 is 6.09 Å². The minimum Gasteiger partial charge on any atom is -0.444 e. The molecule has 2 rings (SSSR count). The predicted octanol–water partition coefficient (Wildman–Crippen LogP) is 2.84. The summed E-state index contributed by atoms with van der Waals surface area (Å²) in [5.74, 6) is 0.